The number of pyridine rings is 1. The van der Waals surface area contributed by atoms with Crippen molar-refractivity contribution in [2.75, 3.05) is 0 Å². The summed E-state index contributed by atoms with van der Waals surface area (Å²) in [6, 6.07) is 14.2. The second kappa shape index (κ2) is 3.76. The fourth-order valence-corrected chi connectivity index (χ4v) is 1.67. The van der Waals surface area contributed by atoms with Gasteiger partial charge in [-0.05, 0) is 24.6 Å². The minimum Gasteiger partial charge on any atom is -0.346 e. The first kappa shape index (κ1) is 9.16. The van der Waals surface area contributed by atoms with Crippen LogP contribution in [0.4, 0.5) is 0 Å². The van der Waals surface area contributed by atoms with Gasteiger partial charge in [0.1, 0.15) is 4.64 Å². The number of aromatic amines is 1. The highest BCUT2D eigenvalue weighted by molar-refractivity contribution is 7.71. The zero-order valence-electron chi connectivity index (χ0n) is 7.95. The van der Waals surface area contributed by atoms with Crippen LogP contribution in [0.15, 0.2) is 42.5 Å². The lowest BCUT2D eigenvalue weighted by Crippen LogP contribution is -1.86. The van der Waals surface area contributed by atoms with Gasteiger partial charge in [-0.3, -0.25) is 0 Å². The number of hydrogen-bond acceptors (Lipinski definition) is 1. The molecule has 0 radical (unpaired) electrons. The van der Waals surface area contributed by atoms with E-state index in [9.17, 15) is 0 Å². The molecule has 0 spiro atoms. The molecule has 70 valence electrons. The molecule has 2 aromatic rings. The molecule has 1 aromatic heterocycles. The van der Waals surface area contributed by atoms with Crippen LogP contribution in [0, 0.1) is 11.6 Å². The van der Waals surface area contributed by atoms with Crippen molar-refractivity contribution >= 4 is 12.2 Å². The lowest BCUT2D eigenvalue weighted by atomic mass is 10.1. The van der Waals surface area contributed by atoms with Crippen LogP contribution >= 0.6 is 12.2 Å². The molecule has 0 unspecified atom stereocenters. The Balaban J connectivity index is 2.61. The zero-order valence-corrected chi connectivity index (χ0v) is 8.77. The summed E-state index contributed by atoms with van der Waals surface area (Å²) in [7, 11) is 0. The van der Waals surface area contributed by atoms with Gasteiger partial charge in [-0.15, -0.1) is 0 Å². The van der Waals surface area contributed by atoms with Crippen molar-refractivity contribution in [3.05, 3.63) is 52.7 Å². The van der Waals surface area contributed by atoms with E-state index in [2.05, 4.69) is 24.0 Å². The summed E-state index contributed by atoms with van der Waals surface area (Å²) in [5.74, 6) is 0. The number of hydrogen-bond donors (Lipinski definition) is 1. The second-order valence-electron chi connectivity index (χ2n) is 3.24. The van der Waals surface area contributed by atoms with E-state index in [1.807, 2.05) is 30.3 Å². The number of rotatable bonds is 1. The van der Waals surface area contributed by atoms with Crippen molar-refractivity contribution < 1.29 is 0 Å². The van der Waals surface area contributed by atoms with Gasteiger partial charge in [0.05, 0.1) is 0 Å². The van der Waals surface area contributed by atoms with E-state index < -0.39 is 0 Å². The summed E-state index contributed by atoms with van der Waals surface area (Å²) in [5.41, 5.74) is 3.54. The lowest BCUT2D eigenvalue weighted by molar-refractivity contribution is 1.28. The molecule has 0 bridgehead atoms. The molecule has 0 aliphatic rings. The van der Waals surface area contributed by atoms with E-state index in [0.717, 1.165) is 10.3 Å². The SMILES string of the molecule is Cc1ccccc1-c1cccc(=S)[nH]1. The van der Waals surface area contributed by atoms with Gasteiger partial charge in [-0.25, -0.2) is 0 Å². The molecular formula is C12H11NS. The van der Waals surface area contributed by atoms with Crippen molar-refractivity contribution in [2.45, 2.75) is 6.92 Å². The van der Waals surface area contributed by atoms with Crippen LogP contribution in [0.1, 0.15) is 5.56 Å². The summed E-state index contributed by atoms with van der Waals surface area (Å²) in [5, 5.41) is 0. The van der Waals surface area contributed by atoms with Crippen LogP contribution in [0.2, 0.25) is 0 Å². The molecule has 0 saturated carbocycles. The third-order valence-electron chi connectivity index (χ3n) is 2.20. The van der Waals surface area contributed by atoms with Crippen molar-refractivity contribution in [3.8, 4) is 11.3 Å². The molecule has 2 heteroatoms. The maximum absolute atomic E-state index is 5.09. The summed E-state index contributed by atoms with van der Waals surface area (Å²) in [4.78, 5) is 3.18. The van der Waals surface area contributed by atoms with Crippen molar-refractivity contribution in [1.29, 1.82) is 0 Å². The van der Waals surface area contributed by atoms with E-state index in [1.54, 1.807) is 0 Å². The second-order valence-corrected chi connectivity index (χ2v) is 3.68. The minimum atomic E-state index is 0.769. The van der Waals surface area contributed by atoms with Gasteiger partial charge in [-0.1, -0.05) is 42.5 Å². The molecule has 0 atom stereocenters. The topological polar surface area (TPSA) is 15.8 Å². The highest BCUT2D eigenvalue weighted by Gasteiger charge is 1.99. The summed E-state index contributed by atoms with van der Waals surface area (Å²) < 4.78 is 0.769. The monoisotopic (exact) mass is 201 g/mol. The van der Waals surface area contributed by atoms with Crippen LogP contribution in [0.5, 0.6) is 0 Å². The molecule has 1 heterocycles. The van der Waals surface area contributed by atoms with Crippen molar-refractivity contribution in [2.24, 2.45) is 0 Å². The molecule has 1 N–H and O–H groups in total. The molecule has 2 rings (SSSR count). The zero-order chi connectivity index (χ0) is 9.97. The van der Waals surface area contributed by atoms with Crippen LogP contribution in [0.25, 0.3) is 11.3 Å². The van der Waals surface area contributed by atoms with Gasteiger partial charge in [0, 0.05) is 11.3 Å². The summed E-state index contributed by atoms with van der Waals surface area (Å²) in [6.07, 6.45) is 0. The fraction of sp³-hybridized carbons (Fsp3) is 0.0833. The number of aromatic nitrogens is 1. The Labute approximate surface area is 88.4 Å². The predicted octanol–water partition coefficient (Wildman–Crippen LogP) is 3.72. The maximum atomic E-state index is 5.09. The van der Waals surface area contributed by atoms with Crippen LogP contribution in [-0.4, -0.2) is 4.98 Å². The van der Waals surface area contributed by atoms with E-state index in [1.165, 1.54) is 11.1 Å². The molecule has 14 heavy (non-hydrogen) atoms. The van der Waals surface area contributed by atoms with Crippen molar-refractivity contribution in [3.63, 3.8) is 0 Å². The lowest BCUT2D eigenvalue weighted by Gasteiger charge is -2.04. The fourth-order valence-electron chi connectivity index (χ4n) is 1.48. The average molecular weight is 201 g/mol. The van der Waals surface area contributed by atoms with E-state index in [0.29, 0.717) is 0 Å². The Bertz CT molecular complexity index is 499. The quantitative estimate of drug-likeness (QED) is 0.695. The molecule has 0 saturated heterocycles. The third kappa shape index (κ3) is 1.75. The van der Waals surface area contributed by atoms with Crippen LogP contribution in [0.3, 0.4) is 0 Å². The summed E-state index contributed by atoms with van der Waals surface area (Å²) >= 11 is 5.09. The Morgan fingerprint density at radius 2 is 1.79 bits per heavy atom. The molecule has 1 aromatic carbocycles. The molecular weight excluding hydrogens is 190 g/mol. The Hall–Kier alpha value is -1.41. The Morgan fingerprint density at radius 3 is 2.50 bits per heavy atom. The number of nitrogens with one attached hydrogen (secondary N) is 1. The minimum absolute atomic E-state index is 0.769. The third-order valence-corrected chi connectivity index (χ3v) is 2.44. The van der Waals surface area contributed by atoms with E-state index in [-0.39, 0.29) is 0 Å². The first-order chi connectivity index (χ1) is 6.77. The van der Waals surface area contributed by atoms with Crippen LogP contribution < -0.4 is 0 Å². The average Bonchev–Trinajstić information content (AvgIpc) is 2.18. The molecule has 1 nitrogen and oxygen atoms in total. The standard InChI is InChI=1S/C12H11NS/c1-9-5-2-3-6-10(9)11-7-4-8-12(14)13-11/h2-8H,1H3,(H,13,14). The molecule has 0 amide bonds. The number of benzene rings is 1. The Morgan fingerprint density at radius 1 is 1.00 bits per heavy atom. The van der Waals surface area contributed by atoms with Gasteiger partial charge >= 0.3 is 0 Å². The van der Waals surface area contributed by atoms with Crippen LogP contribution in [-0.2, 0) is 0 Å². The highest BCUT2D eigenvalue weighted by atomic mass is 32.1. The van der Waals surface area contributed by atoms with E-state index in [4.69, 9.17) is 12.2 Å². The smallest absolute Gasteiger partial charge is 0.103 e. The highest BCUT2D eigenvalue weighted by Crippen LogP contribution is 2.20. The molecule has 0 aliphatic carbocycles. The summed E-state index contributed by atoms with van der Waals surface area (Å²) in [6.45, 7) is 2.10. The molecule has 0 fully saturated rings. The van der Waals surface area contributed by atoms with Gasteiger partial charge < -0.3 is 4.98 Å². The molecule has 0 aliphatic heterocycles. The van der Waals surface area contributed by atoms with Gasteiger partial charge in [-0.2, -0.15) is 0 Å². The van der Waals surface area contributed by atoms with Gasteiger partial charge in [0.2, 0.25) is 0 Å². The van der Waals surface area contributed by atoms with E-state index >= 15 is 0 Å². The maximum Gasteiger partial charge on any atom is 0.103 e. The number of H-pyrrole nitrogens is 1. The van der Waals surface area contributed by atoms with Gasteiger partial charge in [0.15, 0.2) is 0 Å². The first-order valence-corrected chi connectivity index (χ1v) is 4.93. The van der Waals surface area contributed by atoms with Crippen molar-refractivity contribution in [1.82, 2.24) is 4.98 Å². The van der Waals surface area contributed by atoms with Gasteiger partial charge in [0.25, 0.3) is 0 Å². The Kier molecular flexibility index (Phi) is 2.46. The first-order valence-electron chi connectivity index (χ1n) is 4.53. The number of aryl methyl sites for hydroxylation is 1. The predicted molar refractivity (Wildman–Crippen MR) is 61.8 cm³/mol. The largest absolute Gasteiger partial charge is 0.346 e. The normalized spacial score (nSPS) is 10.1.